The fourth-order valence-corrected chi connectivity index (χ4v) is 1.31. The number of nitrogens with zero attached hydrogens (tertiary/aromatic N) is 1. The molecule has 0 aromatic carbocycles. The van der Waals surface area contributed by atoms with Crippen molar-refractivity contribution < 1.29 is 4.79 Å². The van der Waals surface area contributed by atoms with E-state index in [9.17, 15) is 14.4 Å². The van der Waals surface area contributed by atoms with Gasteiger partial charge >= 0.3 is 5.69 Å². The standard InChI is InChI=1S/C8H10N2O3S/c1-2-3-5-4-9-7(12)10(6(5)11)8(13)14/h4H,2-3H2,1H3,(H,9,12)(H,13,14). The lowest BCUT2D eigenvalue weighted by atomic mass is 10.2. The fraction of sp³-hybridized carbons (Fsp3) is 0.375. The Labute approximate surface area is 85.2 Å². The van der Waals surface area contributed by atoms with Crippen LogP contribution in [0.3, 0.4) is 0 Å². The van der Waals surface area contributed by atoms with Crippen molar-refractivity contribution in [3.63, 3.8) is 0 Å². The first-order chi connectivity index (χ1) is 6.57. The summed E-state index contributed by atoms with van der Waals surface area (Å²) in [6.45, 7) is 1.90. The zero-order valence-corrected chi connectivity index (χ0v) is 8.51. The van der Waals surface area contributed by atoms with Gasteiger partial charge in [0.05, 0.1) is 0 Å². The SMILES string of the molecule is CCCc1c[nH]c(=O)n(C(=O)S)c1=O. The van der Waals surface area contributed by atoms with Gasteiger partial charge in [0.25, 0.3) is 10.8 Å². The lowest BCUT2D eigenvalue weighted by molar-refractivity contribution is 0.260. The summed E-state index contributed by atoms with van der Waals surface area (Å²) in [5.74, 6) is 0. The molecule has 1 N–H and O–H groups in total. The Kier molecular flexibility index (Phi) is 3.29. The van der Waals surface area contributed by atoms with Crippen LogP contribution < -0.4 is 11.2 Å². The van der Waals surface area contributed by atoms with E-state index in [1.807, 2.05) is 6.92 Å². The van der Waals surface area contributed by atoms with Crippen LogP contribution in [0.15, 0.2) is 15.8 Å². The van der Waals surface area contributed by atoms with Gasteiger partial charge < -0.3 is 4.98 Å². The molecule has 1 aromatic rings. The molecule has 0 aliphatic carbocycles. The van der Waals surface area contributed by atoms with Crippen molar-refractivity contribution in [2.45, 2.75) is 19.8 Å². The number of carbonyl (C=O) groups is 1. The van der Waals surface area contributed by atoms with Crippen LogP contribution in [0.25, 0.3) is 0 Å². The maximum atomic E-state index is 11.5. The van der Waals surface area contributed by atoms with Crippen LogP contribution in [0.1, 0.15) is 18.9 Å². The summed E-state index contributed by atoms with van der Waals surface area (Å²) in [5.41, 5.74) is -0.931. The van der Waals surface area contributed by atoms with Gasteiger partial charge in [-0.25, -0.2) is 4.79 Å². The van der Waals surface area contributed by atoms with Gasteiger partial charge in [-0.3, -0.25) is 9.59 Å². The summed E-state index contributed by atoms with van der Waals surface area (Å²) in [4.78, 5) is 35.7. The Morgan fingerprint density at radius 1 is 1.57 bits per heavy atom. The van der Waals surface area contributed by atoms with Crippen LogP contribution in [-0.4, -0.2) is 14.8 Å². The Morgan fingerprint density at radius 2 is 2.21 bits per heavy atom. The average Bonchev–Trinajstić information content (AvgIpc) is 2.10. The van der Waals surface area contributed by atoms with Gasteiger partial charge in [0, 0.05) is 11.8 Å². The first kappa shape index (κ1) is 10.8. The average molecular weight is 214 g/mol. The van der Waals surface area contributed by atoms with Gasteiger partial charge in [-0.05, 0) is 6.42 Å². The molecule has 0 aliphatic rings. The van der Waals surface area contributed by atoms with Crippen molar-refractivity contribution in [3.05, 3.63) is 32.6 Å². The first-order valence-corrected chi connectivity index (χ1v) is 4.59. The summed E-state index contributed by atoms with van der Waals surface area (Å²) in [7, 11) is 0. The number of H-pyrrole nitrogens is 1. The highest BCUT2D eigenvalue weighted by Gasteiger charge is 2.10. The van der Waals surface area contributed by atoms with E-state index >= 15 is 0 Å². The van der Waals surface area contributed by atoms with E-state index in [0.717, 1.165) is 6.42 Å². The van der Waals surface area contributed by atoms with Gasteiger partial charge in [0.2, 0.25) is 0 Å². The molecule has 0 fully saturated rings. The van der Waals surface area contributed by atoms with Gasteiger partial charge in [0.1, 0.15) is 0 Å². The fourth-order valence-electron chi connectivity index (χ4n) is 1.13. The molecule has 0 unspecified atom stereocenters. The van der Waals surface area contributed by atoms with Gasteiger partial charge in [-0.1, -0.05) is 26.0 Å². The predicted octanol–water partition coefficient (Wildman–Crippen LogP) is 0.387. The summed E-state index contributed by atoms with van der Waals surface area (Å²) in [6, 6.07) is 0. The Bertz CT molecular complexity index is 460. The predicted molar refractivity (Wildman–Crippen MR) is 55.1 cm³/mol. The summed E-state index contributed by atoms with van der Waals surface area (Å²) in [6.07, 6.45) is 2.63. The van der Waals surface area contributed by atoms with Gasteiger partial charge in [0.15, 0.2) is 0 Å². The van der Waals surface area contributed by atoms with E-state index in [2.05, 4.69) is 17.6 Å². The maximum absolute atomic E-state index is 11.5. The number of hydrogen-bond donors (Lipinski definition) is 2. The molecule has 0 aliphatic heterocycles. The van der Waals surface area contributed by atoms with Crippen LogP contribution in [0.2, 0.25) is 0 Å². The number of aryl methyl sites for hydroxylation is 1. The van der Waals surface area contributed by atoms with E-state index in [1.54, 1.807) is 0 Å². The zero-order valence-electron chi connectivity index (χ0n) is 7.61. The van der Waals surface area contributed by atoms with Crippen LogP contribution in [0, 0.1) is 0 Å². The Hall–Kier alpha value is -1.30. The van der Waals surface area contributed by atoms with Crippen LogP contribution in [0.5, 0.6) is 0 Å². The molecule has 0 bridgehead atoms. The van der Waals surface area contributed by atoms with Crippen LogP contribution in [-0.2, 0) is 6.42 Å². The maximum Gasteiger partial charge on any atom is 0.335 e. The van der Waals surface area contributed by atoms with Crippen molar-refractivity contribution >= 4 is 17.9 Å². The second-order valence-electron chi connectivity index (χ2n) is 2.79. The molecule has 6 heteroatoms. The molecule has 0 amide bonds. The highest BCUT2D eigenvalue weighted by Crippen LogP contribution is 1.92. The minimum absolute atomic E-state index is 0.412. The molecule has 14 heavy (non-hydrogen) atoms. The van der Waals surface area contributed by atoms with Crippen molar-refractivity contribution in [2.75, 3.05) is 0 Å². The summed E-state index contributed by atoms with van der Waals surface area (Å²) < 4.78 is 0.480. The third kappa shape index (κ3) is 1.95. The van der Waals surface area contributed by atoms with E-state index < -0.39 is 16.5 Å². The molecule has 0 saturated heterocycles. The molecule has 0 spiro atoms. The largest absolute Gasteiger partial charge is 0.335 e. The number of thiol groups is 1. The second kappa shape index (κ2) is 4.28. The summed E-state index contributed by atoms with van der Waals surface area (Å²) in [5, 5.41) is -0.866. The van der Waals surface area contributed by atoms with Gasteiger partial charge in [-0.15, -0.1) is 0 Å². The molecule has 0 radical (unpaired) electrons. The van der Waals surface area contributed by atoms with Crippen molar-refractivity contribution in [3.8, 4) is 0 Å². The number of nitrogens with one attached hydrogen (secondary N) is 1. The van der Waals surface area contributed by atoms with Crippen molar-refractivity contribution in [2.24, 2.45) is 0 Å². The van der Waals surface area contributed by atoms with Crippen LogP contribution in [0.4, 0.5) is 4.79 Å². The molecular weight excluding hydrogens is 204 g/mol. The second-order valence-corrected chi connectivity index (χ2v) is 3.17. The molecule has 0 saturated carbocycles. The molecule has 1 rings (SSSR count). The number of aromatic nitrogens is 2. The molecule has 1 heterocycles. The van der Waals surface area contributed by atoms with E-state index in [1.165, 1.54) is 6.20 Å². The summed E-state index contributed by atoms with van der Waals surface area (Å²) >= 11 is 3.45. The van der Waals surface area contributed by atoms with Crippen molar-refractivity contribution in [1.82, 2.24) is 9.55 Å². The third-order valence-electron chi connectivity index (χ3n) is 1.76. The van der Waals surface area contributed by atoms with E-state index in [-0.39, 0.29) is 0 Å². The highest BCUT2D eigenvalue weighted by molar-refractivity contribution is 7.96. The topological polar surface area (TPSA) is 71.9 Å². The minimum Gasteiger partial charge on any atom is -0.313 e. The highest BCUT2D eigenvalue weighted by atomic mass is 32.1. The minimum atomic E-state index is -0.866. The Morgan fingerprint density at radius 3 is 2.71 bits per heavy atom. The molecule has 76 valence electrons. The van der Waals surface area contributed by atoms with Crippen molar-refractivity contribution in [1.29, 1.82) is 0 Å². The quantitative estimate of drug-likeness (QED) is 0.699. The van der Waals surface area contributed by atoms with E-state index in [0.29, 0.717) is 16.6 Å². The molecule has 1 aromatic heterocycles. The lowest BCUT2D eigenvalue weighted by Gasteiger charge is -2.00. The molecule has 5 nitrogen and oxygen atoms in total. The number of carbonyl (C=O) groups excluding carboxylic acids is 1. The molecular formula is C8H10N2O3S. The van der Waals surface area contributed by atoms with Crippen LogP contribution >= 0.6 is 12.6 Å². The Balaban J connectivity index is 3.42. The normalized spacial score (nSPS) is 10.1. The van der Waals surface area contributed by atoms with E-state index in [4.69, 9.17) is 0 Å². The number of rotatable bonds is 2. The van der Waals surface area contributed by atoms with Gasteiger partial charge in [-0.2, -0.15) is 4.57 Å². The monoisotopic (exact) mass is 214 g/mol. The number of hydrogen-bond acceptors (Lipinski definition) is 3. The number of aromatic amines is 1. The third-order valence-corrected chi connectivity index (χ3v) is 1.96. The first-order valence-electron chi connectivity index (χ1n) is 4.14. The zero-order chi connectivity index (χ0) is 10.7. The smallest absolute Gasteiger partial charge is 0.313 e. The lowest BCUT2D eigenvalue weighted by Crippen LogP contribution is -2.38. The molecule has 0 atom stereocenters.